The lowest BCUT2D eigenvalue weighted by atomic mass is 10.1. The maximum absolute atomic E-state index is 6.18. The number of benzene rings is 1. The first-order valence-corrected chi connectivity index (χ1v) is 6.54. The zero-order chi connectivity index (χ0) is 13.8. The van der Waals surface area contributed by atoms with Crippen molar-refractivity contribution in [2.45, 2.75) is 26.5 Å². The van der Waals surface area contributed by atoms with E-state index >= 15 is 0 Å². The standard InChI is InChI=1S/C15H17ClN2O/c1-10-4-3-7-18-14(10)9-19-15-6-5-12(11(2)17)8-13(15)16/h3-8,11H,9,17H2,1-2H3/t11-/m1/s1. The third-order valence-corrected chi connectivity index (χ3v) is 3.26. The molecule has 100 valence electrons. The van der Waals surface area contributed by atoms with Gasteiger partial charge in [0.15, 0.2) is 0 Å². The smallest absolute Gasteiger partial charge is 0.138 e. The number of hydrogen-bond acceptors (Lipinski definition) is 3. The SMILES string of the molecule is Cc1cccnc1COc1ccc([C@@H](C)N)cc1Cl. The number of hydrogen-bond donors (Lipinski definition) is 1. The minimum absolute atomic E-state index is 0.0374. The van der Waals surface area contributed by atoms with Gasteiger partial charge in [-0.3, -0.25) is 4.98 Å². The summed E-state index contributed by atoms with van der Waals surface area (Å²) in [6.45, 7) is 4.33. The van der Waals surface area contributed by atoms with Crippen molar-refractivity contribution >= 4 is 11.6 Å². The molecule has 0 spiro atoms. The van der Waals surface area contributed by atoms with Gasteiger partial charge < -0.3 is 10.5 Å². The van der Waals surface area contributed by atoms with Crippen LogP contribution in [-0.4, -0.2) is 4.98 Å². The highest BCUT2D eigenvalue weighted by atomic mass is 35.5. The van der Waals surface area contributed by atoms with Gasteiger partial charge in [0.25, 0.3) is 0 Å². The Labute approximate surface area is 118 Å². The molecule has 2 aromatic rings. The Balaban J connectivity index is 2.10. The second kappa shape index (κ2) is 6.04. The Morgan fingerprint density at radius 3 is 2.79 bits per heavy atom. The van der Waals surface area contributed by atoms with Gasteiger partial charge in [-0.1, -0.05) is 23.7 Å². The molecular formula is C15H17ClN2O. The molecule has 19 heavy (non-hydrogen) atoms. The molecule has 0 aliphatic heterocycles. The molecule has 1 aromatic carbocycles. The molecule has 0 fully saturated rings. The van der Waals surface area contributed by atoms with E-state index in [0.29, 0.717) is 17.4 Å². The zero-order valence-electron chi connectivity index (χ0n) is 11.1. The van der Waals surface area contributed by atoms with Crippen molar-refractivity contribution in [3.8, 4) is 5.75 Å². The van der Waals surface area contributed by atoms with Gasteiger partial charge in [0.1, 0.15) is 12.4 Å². The number of nitrogens with zero attached hydrogens (tertiary/aromatic N) is 1. The highest BCUT2D eigenvalue weighted by molar-refractivity contribution is 6.32. The summed E-state index contributed by atoms with van der Waals surface area (Å²) in [5.41, 5.74) is 8.81. The van der Waals surface area contributed by atoms with Gasteiger partial charge in [0.05, 0.1) is 10.7 Å². The van der Waals surface area contributed by atoms with Crippen LogP contribution in [0.15, 0.2) is 36.5 Å². The second-order valence-corrected chi connectivity index (χ2v) is 4.94. The number of halogens is 1. The number of aromatic nitrogens is 1. The van der Waals surface area contributed by atoms with E-state index in [-0.39, 0.29) is 6.04 Å². The van der Waals surface area contributed by atoms with Crippen LogP contribution in [0.2, 0.25) is 5.02 Å². The van der Waals surface area contributed by atoms with Crippen molar-refractivity contribution < 1.29 is 4.74 Å². The maximum atomic E-state index is 6.18. The summed E-state index contributed by atoms with van der Waals surface area (Å²) in [4.78, 5) is 4.28. The number of ether oxygens (including phenoxy) is 1. The molecule has 0 saturated heterocycles. The van der Waals surface area contributed by atoms with E-state index in [1.807, 2.05) is 44.2 Å². The molecule has 2 rings (SSSR count). The van der Waals surface area contributed by atoms with Crippen molar-refractivity contribution in [1.29, 1.82) is 0 Å². The quantitative estimate of drug-likeness (QED) is 0.927. The van der Waals surface area contributed by atoms with Crippen LogP contribution in [0.25, 0.3) is 0 Å². The van der Waals surface area contributed by atoms with E-state index in [0.717, 1.165) is 16.8 Å². The zero-order valence-corrected chi connectivity index (χ0v) is 11.8. The van der Waals surface area contributed by atoms with Crippen molar-refractivity contribution in [3.05, 3.63) is 58.4 Å². The van der Waals surface area contributed by atoms with E-state index < -0.39 is 0 Å². The van der Waals surface area contributed by atoms with E-state index in [9.17, 15) is 0 Å². The highest BCUT2D eigenvalue weighted by Gasteiger charge is 2.07. The minimum atomic E-state index is -0.0374. The molecule has 3 nitrogen and oxygen atoms in total. The molecule has 1 heterocycles. The van der Waals surface area contributed by atoms with Gasteiger partial charge in [-0.2, -0.15) is 0 Å². The molecule has 0 amide bonds. The third kappa shape index (κ3) is 3.46. The molecule has 0 radical (unpaired) electrons. The van der Waals surface area contributed by atoms with Crippen LogP contribution in [0.4, 0.5) is 0 Å². The third-order valence-electron chi connectivity index (χ3n) is 2.96. The minimum Gasteiger partial charge on any atom is -0.486 e. The van der Waals surface area contributed by atoms with Gasteiger partial charge in [-0.25, -0.2) is 0 Å². The van der Waals surface area contributed by atoms with Crippen LogP contribution in [0.3, 0.4) is 0 Å². The van der Waals surface area contributed by atoms with Crippen LogP contribution < -0.4 is 10.5 Å². The van der Waals surface area contributed by atoms with Crippen LogP contribution >= 0.6 is 11.6 Å². The summed E-state index contributed by atoms with van der Waals surface area (Å²) in [5, 5.41) is 0.573. The lowest BCUT2D eigenvalue weighted by Gasteiger charge is -2.11. The van der Waals surface area contributed by atoms with Gasteiger partial charge in [0.2, 0.25) is 0 Å². The summed E-state index contributed by atoms with van der Waals surface area (Å²) >= 11 is 6.18. The predicted octanol–water partition coefficient (Wildman–Crippen LogP) is 3.64. The Kier molecular flexibility index (Phi) is 4.40. The fourth-order valence-electron chi connectivity index (χ4n) is 1.73. The van der Waals surface area contributed by atoms with Crippen LogP contribution in [0.1, 0.15) is 29.8 Å². The van der Waals surface area contributed by atoms with Crippen LogP contribution in [0.5, 0.6) is 5.75 Å². The monoisotopic (exact) mass is 276 g/mol. The molecule has 0 saturated carbocycles. The van der Waals surface area contributed by atoms with Crippen LogP contribution in [0, 0.1) is 6.92 Å². The van der Waals surface area contributed by atoms with E-state index in [1.54, 1.807) is 6.20 Å². The van der Waals surface area contributed by atoms with Gasteiger partial charge >= 0.3 is 0 Å². The highest BCUT2D eigenvalue weighted by Crippen LogP contribution is 2.28. The lowest BCUT2D eigenvalue weighted by molar-refractivity contribution is 0.300. The van der Waals surface area contributed by atoms with Gasteiger partial charge in [-0.15, -0.1) is 0 Å². The largest absolute Gasteiger partial charge is 0.486 e. The topological polar surface area (TPSA) is 48.1 Å². The average molecular weight is 277 g/mol. The Morgan fingerprint density at radius 2 is 2.16 bits per heavy atom. The summed E-state index contributed by atoms with van der Waals surface area (Å²) in [6, 6.07) is 9.49. The number of nitrogens with two attached hydrogens (primary N) is 1. The average Bonchev–Trinajstić information content (AvgIpc) is 2.39. The fourth-order valence-corrected chi connectivity index (χ4v) is 1.98. The lowest BCUT2D eigenvalue weighted by Crippen LogP contribution is -2.05. The normalized spacial score (nSPS) is 12.2. The molecule has 0 bridgehead atoms. The first-order valence-electron chi connectivity index (χ1n) is 6.16. The molecule has 0 aliphatic carbocycles. The molecule has 2 N–H and O–H groups in total. The van der Waals surface area contributed by atoms with Crippen molar-refractivity contribution in [1.82, 2.24) is 4.98 Å². The Hall–Kier alpha value is -1.58. The Morgan fingerprint density at radius 1 is 1.37 bits per heavy atom. The van der Waals surface area contributed by atoms with Gasteiger partial charge in [-0.05, 0) is 43.2 Å². The van der Waals surface area contributed by atoms with E-state index in [4.69, 9.17) is 22.1 Å². The first kappa shape index (κ1) is 13.8. The fraction of sp³-hybridized carbons (Fsp3) is 0.267. The van der Waals surface area contributed by atoms with Crippen molar-refractivity contribution in [3.63, 3.8) is 0 Å². The van der Waals surface area contributed by atoms with E-state index in [1.165, 1.54) is 0 Å². The Bertz CT molecular complexity index is 570. The molecule has 1 aromatic heterocycles. The number of aryl methyl sites for hydroxylation is 1. The summed E-state index contributed by atoms with van der Waals surface area (Å²) < 4.78 is 5.70. The summed E-state index contributed by atoms with van der Waals surface area (Å²) in [5.74, 6) is 0.649. The molecule has 4 heteroatoms. The summed E-state index contributed by atoms with van der Waals surface area (Å²) in [7, 11) is 0. The van der Waals surface area contributed by atoms with Crippen LogP contribution in [-0.2, 0) is 6.61 Å². The van der Waals surface area contributed by atoms with Crippen molar-refractivity contribution in [2.75, 3.05) is 0 Å². The molecular weight excluding hydrogens is 260 g/mol. The van der Waals surface area contributed by atoms with Gasteiger partial charge in [0, 0.05) is 12.2 Å². The first-order chi connectivity index (χ1) is 9.08. The second-order valence-electron chi connectivity index (χ2n) is 4.53. The molecule has 0 aliphatic rings. The van der Waals surface area contributed by atoms with E-state index in [2.05, 4.69) is 4.98 Å². The molecule has 1 atom stereocenters. The summed E-state index contributed by atoms with van der Waals surface area (Å²) in [6.07, 6.45) is 1.76. The number of pyridine rings is 1. The molecule has 0 unspecified atom stereocenters. The number of rotatable bonds is 4. The van der Waals surface area contributed by atoms with Crippen molar-refractivity contribution in [2.24, 2.45) is 5.73 Å². The maximum Gasteiger partial charge on any atom is 0.138 e. The predicted molar refractivity (Wildman–Crippen MR) is 77.4 cm³/mol.